The summed E-state index contributed by atoms with van der Waals surface area (Å²) in [5.74, 6) is -4.25. The molecule has 11 heteroatoms. The van der Waals surface area contributed by atoms with Gasteiger partial charge in [-0.05, 0) is 36.9 Å². The lowest BCUT2D eigenvalue weighted by molar-refractivity contribution is -0.159. The summed E-state index contributed by atoms with van der Waals surface area (Å²) in [6.07, 6.45) is 0.851. The van der Waals surface area contributed by atoms with Gasteiger partial charge in [0.2, 0.25) is 5.91 Å². The van der Waals surface area contributed by atoms with Gasteiger partial charge in [0.15, 0.2) is 0 Å². The Hall–Kier alpha value is -3.54. The number of benzene rings is 1. The molecule has 3 rings (SSSR count). The summed E-state index contributed by atoms with van der Waals surface area (Å²) in [4.78, 5) is 44.0. The maximum atomic E-state index is 12.5. The van der Waals surface area contributed by atoms with E-state index >= 15 is 0 Å². The summed E-state index contributed by atoms with van der Waals surface area (Å²) in [6, 6.07) is 14.0. The highest BCUT2D eigenvalue weighted by atomic mass is 32.1. The van der Waals surface area contributed by atoms with E-state index in [4.69, 9.17) is 24.5 Å². The minimum absolute atomic E-state index is 0.182. The summed E-state index contributed by atoms with van der Waals surface area (Å²) in [6.45, 7) is 2.94. The van der Waals surface area contributed by atoms with E-state index in [-0.39, 0.29) is 19.1 Å². The summed E-state index contributed by atoms with van der Waals surface area (Å²) >= 11 is 2.89. The Balaban J connectivity index is 0.000000604. The predicted octanol–water partition coefficient (Wildman–Crippen LogP) is 3.58. The van der Waals surface area contributed by atoms with Gasteiger partial charge < -0.3 is 25.6 Å². The molecule has 0 aliphatic heterocycles. The molecule has 34 heavy (non-hydrogen) atoms. The molecular formula is C23H24N2O7S2. The second-order valence-corrected chi connectivity index (χ2v) is 8.45. The Kier molecular flexibility index (Phi) is 10.9. The lowest BCUT2D eigenvalue weighted by Gasteiger charge is -2.09. The van der Waals surface area contributed by atoms with Crippen LogP contribution in [0.3, 0.4) is 0 Å². The number of carboxylic acid groups (broad SMARTS) is 2. The first kappa shape index (κ1) is 26.7. The number of ether oxygens (including phenoxy) is 1. The SMILES string of the molecule is CCOC(=O)c1c(-c2cccs2)csc1NC(=O)CNCCc1ccccc1.O=C(O)C(=O)O. The topological polar surface area (TPSA) is 142 Å². The fourth-order valence-corrected chi connectivity index (χ4v) is 4.51. The molecule has 0 unspecified atom stereocenters. The average molecular weight is 505 g/mol. The number of amides is 1. The molecule has 3 aromatic rings. The number of esters is 1. The van der Waals surface area contributed by atoms with E-state index in [1.807, 2.05) is 41.1 Å². The molecule has 180 valence electrons. The monoisotopic (exact) mass is 504 g/mol. The Morgan fingerprint density at radius 3 is 2.26 bits per heavy atom. The fraction of sp³-hybridized carbons (Fsp3) is 0.217. The van der Waals surface area contributed by atoms with Crippen molar-refractivity contribution in [3.63, 3.8) is 0 Å². The predicted molar refractivity (Wildman–Crippen MR) is 131 cm³/mol. The summed E-state index contributed by atoms with van der Waals surface area (Å²) in [7, 11) is 0. The Morgan fingerprint density at radius 2 is 1.68 bits per heavy atom. The lowest BCUT2D eigenvalue weighted by Crippen LogP contribution is -2.29. The van der Waals surface area contributed by atoms with Gasteiger partial charge in [-0.2, -0.15) is 0 Å². The number of hydrogen-bond acceptors (Lipinski definition) is 8. The molecule has 1 aromatic carbocycles. The number of aliphatic carboxylic acids is 2. The quantitative estimate of drug-likeness (QED) is 0.197. The highest BCUT2D eigenvalue weighted by Crippen LogP contribution is 2.38. The van der Waals surface area contributed by atoms with Crippen LogP contribution in [0.25, 0.3) is 10.4 Å². The van der Waals surface area contributed by atoms with Crippen molar-refractivity contribution in [2.75, 3.05) is 25.0 Å². The largest absolute Gasteiger partial charge is 0.473 e. The number of carbonyl (C=O) groups excluding carboxylic acids is 2. The van der Waals surface area contributed by atoms with Crippen LogP contribution in [0, 0.1) is 0 Å². The zero-order chi connectivity index (χ0) is 24.9. The van der Waals surface area contributed by atoms with Gasteiger partial charge >= 0.3 is 17.9 Å². The molecule has 0 radical (unpaired) electrons. The molecule has 2 aromatic heterocycles. The highest BCUT2D eigenvalue weighted by molar-refractivity contribution is 7.17. The van der Waals surface area contributed by atoms with Crippen LogP contribution in [-0.2, 0) is 25.5 Å². The van der Waals surface area contributed by atoms with Crippen LogP contribution in [-0.4, -0.2) is 53.7 Å². The second kappa shape index (κ2) is 13.9. The van der Waals surface area contributed by atoms with Crippen LogP contribution in [0.2, 0.25) is 0 Å². The van der Waals surface area contributed by atoms with E-state index in [2.05, 4.69) is 22.8 Å². The van der Waals surface area contributed by atoms with E-state index < -0.39 is 17.9 Å². The zero-order valence-corrected chi connectivity index (χ0v) is 19.9. The summed E-state index contributed by atoms with van der Waals surface area (Å²) in [5.41, 5.74) is 2.44. The molecule has 9 nitrogen and oxygen atoms in total. The molecule has 0 aliphatic carbocycles. The van der Waals surface area contributed by atoms with Gasteiger partial charge in [-0.3, -0.25) is 4.79 Å². The smallest absolute Gasteiger partial charge is 0.414 e. The third-order valence-electron chi connectivity index (χ3n) is 4.21. The van der Waals surface area contributed by atoms with Crippen LogP contribution in [0.4, 0.5) is 5.00 Å². The number of hydrogen-bond donors (Lipinski definition) is 4. The Labute approximate surface area is 204 Å². The van der Waals surface area contributed by atoms with Gasteiger partial charge in [-0.1, -0.05) is 36.4 Å². The third kappa shape index (κ3) is 8.43. The average Bonchev–Trinajstić information content (AvgIpc) is 3.48. The molecule has 0 aliphatic rings. The molecule has 0 saturated heterocycles. The van der Waals surface area contributed by atoms with Crippen LogP contribution in [0.1, 0.15) is 22.8 Å². The van der Waals surface area contributed by atoms with E-state index in [9.17, 15) is 9.59 Å². The number of rotatable bonds is 9. The number of carbonyl (C=O) groups is 4. The molecular weight excluding hydrogens is 480 g/mol. The number of carboxylic acids is 2. The van der Waals surface area contributed by atoms with Crippen molar-refractivity contribution in [1.29, 1.82) is 0 Å². The van der Waals surface area contributed by atoms with Gasteiger partial charge in [0.1, 0.15) is 10.6 Å². The Morgan fingerprint density at radius 1 is 0.971 bits per heavy atom. The van der Waals surface area contributed by atoms with Crippen molar-refractivity contribution < 1.29 is 34.1 Å². The standard InChI is InChI=1S/C21H22N2O3S2.C2H2O4/c1-2-26-21(25)19-16(17-9-6-12-27-17)14-28-20(19)23-18(24)13-22-11-10-15-7-4-3-5-8-15;3-1(4)2(5)6/h3-9,12,14,22H,2,10-11,13H2,1H3,(H,23,24);(H,3,4)(H,5,6). The van der Waals surface area contributed by atoms with Crippen molar-refractivity contribution in [2.24, 2.45) is 0 Å². The van der Waals surface area contributed by atoms with Crippen LogP contribution < -0.4 is 10.6 Å². The summed E-state index contributed by atoms with van der Waals surface area (Å²) < 4.78 is 5.20. The van der Waals surface area contributed by atoms with E-state index in [1.54, 1.807) is 18.3 Å². The van der Waals surface area contributed by atoms with Crippen LogP contribution in [0.15, 0.2) is 53.2 Å². The normalized spacial score (nSPS) is 10.0. The highest BCUT2D eigenvalue weighted by Gasteiger charge is 2.23. The maximum absolute atomic E-state index is 12.5. The van der Waals surface area contributed by atoms with Crippen molar-refractivity contribution in [1.82, 2.24) is 5.32 Å². The zero-order valence-electron chi connectivity index (χ0n) is 18.3. The first-order valence-corrected chi connectivity index (χ1v) is 11.9. The van der Waals surface area contributed by atoms with Crippen molar-refractivity contribution in [2.45, 2.75) is 13.3 Å². The van der Waals surface area contributed by atoms with E-state index in [0.29, 0.717) is 17.1 Å². The third-order valence-corrected chi connectivity index (χ3v) is 6.01. The Bertz CT molecular complexity index is 1080. The molecule has 0 spiro atoms. The van der Waals surface area contributed by atoms with Gasteiger partial charge in [0, 0.05) is 15.8 Å². The van der Waals surface area contributed by atoms with E-state index in [0.717, 1.165) is 16.9 Å². The van der Waals surface area contributed by atoms with Gasteiger partial charge in [-0.25, -0.2) is 14.4 Å². The molecule has 0 saturated carbocycles. The molecule has 0 atom stereocenters. The van der Waals surface area contributed by atoms with Gasteiger partial charge in [0.05, 0.1) is 13.2 Å². The van der Waals surface area contributed by atoms with E-state index in [1.165, 1.54) is 16.9 Å². The van der Waals surface area contributed by atoms with Crippen LogP contribution in [0.5, 0.6) is 0 Å². The fourth-order valence-electron chi connectivity index (χ4n) is 2.72. The first-order valence-electron chi connectivity index (χ1n) is 10.2. The lowest BCUT2D eigenvalue weighted by atomic mass is 10.1. The molecule has 2 heterocycles. The molecule has 0 bridgehead atoms. The minimum Gasteiger partial charge on any atom is -0.473 e. The minimum atomic E-state index is -1.82. The van der Waals surface area contributed by atoms with Crippen molar-refractivity contribution in [3.8, 4) is 10.4 Å². The summed E-state index contributed by atoms with van der Waals surface area (Å²) in [5, 5.41) is 25.1. The van der Waals surface area contributed by atoms with Crippen molar-refractivity contribution in [3.05, 3.63) is 64.4 Å². The number of anilines is 1. The molecule has 4 N–H and O–H groups in total. The number of thiophene rings is 2. The molecule has 0 fully saturated rings. The van der Waals surface area contributed by atoms with Crippen LogP contribution >= 0.6 is 22.7 Å². The van der Waals surface area contributed by atoms with Gasteiger partial charge in [0.25, 0.3) is 0 Å². The molecule has 1 amide bonds. The first-order chi connectivity index (χ1) is 16.3. The second-order valence-electron chi connectivity index (χ2n) is 6.62. The maximum Gasteiger partial charge on any atom is 0.414 e. The van der Waals surface area contributed by atoms with Gasteiger partial charge in [-0.15, -0.1) is 22.7 Å². The van der Waals surface area contributed by atoms with Crippen molar-refractivity contribution >= 4 is 51.5 Å². The number of nitrogens with one attached hydrogen (secondary N) is 2.